The van der Waals surface area contributed by atoms with Crippen molar-refractivity contribution in [2.45, 2.75) is 19.9 Å². The maximum absolute atomic E-state index is 12.2. The van der Waals surface area contributed by atoms with Crippen LogP contribution in [0.4, 0.5) is 0 Å². The number of phenolic OH excluding ortho intramolecular Hbond substituents is 1. The number of hydrogen-bond donors (Lipinski definition) is 2. The predicted molar refractivity (Wildman–Crippen MR) is 102 cm³/mol. The molecule has 0 aliphatic rings. The van der Waals surface area contributed by atoms with Crippen molar-refractivity contribution in [2.75, 3.05) is 0 Å². The third-order valence-electron chi connectivity index (χ3n) is 4.06. The molecular formula is C20H20N4O2. The van der Waals surface area contributed by atoms with Crippen LogP contribution in [0.2, 0.25) is 0 Å². The largest absolute Gasteiger partial charge is 0.507 e. The van der Waals surface area contributed by atoms with Crippen LogP contribution < -0.4 is 5.43 Å². The monoisotopic (exact) mass is 348 g/mol. The Bertz CT molecular complexity index is 989. The summed E-state index contributed by atoms with van der Waals surface area (Å²) in [5, 5.41) is 14.1. The lowest BCUT2D eigenvalue weighted by Gasteiger charge is -2.06. The van der Waals surface area contributed by atoms with E-state index in [1.54, 1.807) is 12.1 Å². The number of carbonyl (C=O) groups excluding carboxylic acids is 1. The highest BCUT2D eigenvalue weighted by Crippen LogP contribution is 2.21. The van der Waals surface area contributed by atoms with Gasteiger partial charge >= 0.3 is 0 Å². The maximum Gasteiger partial charge on any atom is 0.260 e. The third kappa shape index (κ3) is 3.64. The van der Waals surface area contributed by atoms with Gasteiger partial charge in [-0.05, 0) is 37.1 Å². The highest BCUT2D eigenvalue weighted by Gasteiger charge is 2.10. The van der Waals surface area contributed by atoms with Gasteiger partial charge in [0, 0.05) is 5.56 Å². The Balaban J connectivity index is 1.69. The van der Waals surface area contributed by atoms with Crippen LogP contribution in [0, 0.1) is 6.92 Å². The van der Waals surface area contributed by atoms with Crippen molar-refractivity contribution >= 4 is 23.2 Å². The minimum absolute atomic E-state index is 0.117. The molecule has 0 unspecified atom stereocenters. The Kier molecular flexibility index (Phi) is 5.12. The van der Waals surface area contributed by atoms with Crippen LogP contribution in [0.1, 0.15) is 17.0 Å². The fourth-order valence-electron chi connectivity index (χ4n) is 2.78. The molecule has 132 valence electrons. The van der Waals surface area contributed by atoms with Gasteiger partial charge in [0.05, 0.1) is 17.2 Å². The maximum atomic E-state index is 12.2. The summed E-state index contributed by atoms with van der Waals surface area (Å²) in [5.41, 5.74) is 5.54. The van der Waals surface area contributed by atoms with E-state index >= 15 is 0 Å². The molecule has 2 N–H and O–H groups in total. The van der Waals surface area contributed by atoms with Gasteiger partial charge in [-0.15, -0.1) is 6.58 Å². The standard InChI is InChI=1S/C20H20N4O2/c1-3-7-15-8-6-9-16(20(15)26)12-21-23-19(25)13-24-14(2)22-17-10-4-5-11-18(17)24/h3-6,8-12,26H,1,7,13H2,2H3,(H,23,25). The molecule has 0 aliphatic heterocycles. The first-order valence-electron chi connectivity index (χ1n) is 8.25. The van der Waals surface area contributed by atoms with E-state index in [0.29, 0.717) is 12.0 Å². The van der Waals surface area contributed by atoms with E-state index in [1.165, 1.54) is 6.21 Å². The van der Waals surface area contributed by atoms with E-state index in [-0.39, 0.29) is 18.2 Å². The zero-order valence-electron chi connectivity index (χ0n) is 14.5. The highest BCUT2D eigenvalue weighted by molar-refractivity contribution is 5.86. The molecule has 0 saturated carbocycles. The molecular weight excluding hydrogens is 328 g/mol. The molecule has 6 nitrogen and oxygen atoms in total. The van der Waals surface area contributed by atoms with Crippen LogP contribution in [-0.2, 0) is 17.8 Å². The normalized spacial score (nSPS) is 11.1. The first kappa shape index (κ1) is 17.4. The number of aryl methyl sites for hydroxylation is 1. The van der Waals surface area contributed by atoms with Gasteiger partial charge < -0.3 is 9.67 Å². The summed E-state index contributed by atoms with van der Waals surface area (Å²) in [6.45, 7) is 5.65. The first-order chi connectivity index (χ1) is 12.6. The van der Waals surface area contributed by atoms with Crippen molar-refractivity contribution in [1.29, 1.82) is 0 Å². The Hall–Kier alpha value is -3.41. The summed E-state index contributed by atoms with van der Waals surface area (Å²) in [7, 11) is 0. The van der Waals surface area contributed by atoms with Crippen molar-refractivity contribution in [2.24, 2.45) is 5.10 Å². The number of aromatic nitrogens is 2. The molecule has 0 fully saturated rings. The minimum Gasteiger partial charge on any atom is -0.507 e. The molecule has 3 rings (SSSR count). The van der Waals surface area contributed by atoms with Crippen LogP contribution >= 0.6 is 0 Å². The van der Waals surface area contributed by atoms with Gasteiger partial charge in [0.15, 0.2) is 0 Å². The second-order valence-electron chi connectivity index (χ2n) is 5.87. The van der Waals surface area contributed by atoms with E-state index in [0.717, 1.165) is 22.4 Å². The third-order valence-corrected chi connectivity index (χ3v) is 4.06. The summed E-state index contributed by atoms with van der Waals surface area (Å²) in [5.74, 6) is 0.635. The van der Waals surface area contributed by atoms with E-state index < -0.39 is 0 Å². The van der Waals surface area contributed by atoms with Crippen molar-refractivity contribution < 1.29 is 9.90 Å². The summed E-state index contributed by atoms with van der Waals surface area (Å²) in [6, 6.07) is 13.0. The minimum atomic E-state index is -0.269. The number of aromatic hydroxyl groups is 1. The SMILES string of the molecule is C=CCc1cccc(C=NNC(=O)Cn2c(C)nc3ccccc32)c1O. The number of hydrogen-bond acceptors (Lipinski definition) is 4. The molecule has 2 aromatic carbocycles. The van der Waals surface area contributed by atoms with Crippen LogP contribution in [0.3, 0.4) is 0 Å². The number of imidazole rings is 1. The molecule has 0 bridgehead atoms. The van der Waals surface area contributed by atoms with Crippen molar-refractivity contribution in [3.05, 3.63) is 72.1 Å². The fourth-order valence-corrected chi connectivity index (χ4v) is 2.78. The van der Waals surface area contributed by atoms with E-state index in [4.69, 9.17) is 0 Å². The van der Waals surface area contributed by atoms with Gasteiger partial charge in [-0.3, -0.25) is 4.79 Å². The molecule has 0 saturated heterocycles. The van der Waals surface area contributed by atoms with Gasteiger partial charge in [0.1, 0.15) is 18.1 Å². The number of phenols is 1. The number of rotatable bonds is 6. The van der Waals surface area contributed by atoms with Gasteiger partial charge in [-0.1, -0.05) is 30.3 Å². The molecule has 0 spiro atoms. The summed E-state index contributed by atoms with van der Waals surface area (Å²) in [4.78, 5) is 16.6. The topological polar surface area (TPSA) is 79.5 Å². The molecule has 0 aliphatic carbocycles. The number of carbonyl (C=O) groups is 1. The molecule has 3 aromatic rings. The number of amides is 1. The number of nitrogens with one attached hydrogen (secondary N) is 1. The summed E-state index contributed by atoms with van der Waals surface area (Å²) < 4.78 is 1.84. The lowest BCUT2D eigenvalue weighted by atomic mass is 10.1. The molecule has 6 heteroatoms. The second-order valence-corrected chi connectivity index (χ2v) is 5.87. The number of fused-ring (bicyclic) bond motifs is 1. The van der Waals surface area contributed by atoms with E-state index in [1.807, 2.05) is 47.9 Å². The first-order valence-corrected chi connectivity index (χ1v) is 8.25. The Morgan fingerprint density at radius 2 is 2.12 bits per heavy atom. The molecule has 0 radical (unpaired) electrons. The lowest BCUT2D eigenvalue weighted by Crippen LogP contribution is -2.23. The van der Waals surface area contributed by atoms with Gasteiger partial charge in [0.25, 0.3) is 5.91 Å². The van der Waals surface area contributed by atoms with Crippen LogP contribution in [-0.4, -0.2) is 26.8 Å². The van der Waals surface area contributed by atoms with Crippen LogP contribution in [0.15, 0.2) is 60.2 Å². The molecule has 1 heterocycles. The van der Waals surface area contributed by atoms with Gasteiger partial charge in [-0.2, -0.15) is 5.10 Å². The predicted octanol–water partition coefficient (Wildman–Crippen LogP) is 2.93. The summed E-state index contributed by atoms with van der Waals surface area (Å²) >= 11 is 0. The molecule has 0 atom stereocenters. The smallest absolute Gasteiger partial charge is 0.260 e. The van der Waals surface area contributed by atoms with E-state index in [9.17, 15) is 9.90 Å². The van der Waals surface area contributed by atoms with Crippen molar-refractivity contribution in [1.82, 2.24) is 15.0 Å². The summed E-state index contributed by atoms with van der Waals surface area (Å²) in [6.07, 6.45) is 3.71. The number of hydrazone groups is 1. The zero-order valence-corrected chi connectivity index (χ0v) is 14.5. The van der Waals surface area contributed by atoms with Crippen molar-refractivity contribution in [3.8, 4) is 5.75 Å². The highest BCUT2D eigenvalue weighted by atomic mass is 16.3. The van der Waals surface area contributed by atoms with Gasteiger partial charge in [0.2, 0.25) is 0 Å². The number of para-hydroxylation sites is 3. The zero-order chi connectivity index (χ0) is 18.5. The molecule has 1 amide bonds. The number of allylic oxidation sites excluding steroid dienone is 1. The second kappa shape index (κ2) is 7.65. The quantitative estimate of drug-likeness (QED) is 0.408. The molecule has 26 heavy (non-hydrogen) atoms. The Morgan fingerprint density at radius 3 is 2.92 bits per heavy atom. The Morgan fingerprint density at radius 1 is 1.31 bits per heavy atom. The average molecular weight is 348 g/mol. The van der Waals surface area contributed by atoms with Crippen LogP contribution in [0.25, 0.3) is 11.0 Å². The van der Waals surface area contributed by atoms with Crippen LogP contribution in [0.5, 0.6) is 5.75 Å². The van der Waals surface area contributed by atoms with E-state index in [2.05, 4.69) is 22.1 Å². The fraction of sp³-hybridized carbons (Fsp3) is 0.150. The molecule has 1 aromatic heterocycles. The Labute approximate surface area is 151 Å². The van der Waals surface area contributed by atoms with Gasteiger partial charge in [-0.25, -0.2) is 10.4 Å². The number of benzene rings is 2. The van der Waals surface area contributed by atoms with Crippen molar-refractivity contribution in [3.63, 3.8) is 0 Å². The number of nitrogens with zero attached hydrogens (tertiary/aromatic N) is 3. The average Bonchev–Trinajstić information content (AvgIpc) is 2.94. The lowest BCUT2D eigenvalue weighted by molar-refractivity contribution is -0.121.